The van der Waals surface area contributed by atoms with E-state index in [0.717, 1.165) is 4.90 Å². The third kappa shape index (κ3) is 1.81. The van der Waals surface area contributed by atoms with E-state index >= 15 is 0 Å². The fraction of sp³-hybridized carbons (Fsp3) is 0.500. The van der Waals surface area contributed by atoms with Gasteiger partial charge in [0.25, 0.3) is 0 Å². The van der Waals surface area contributed by atoms with Crippen LogP contribution in [0.5, 0.6) is 0 Å². The number of carbonyl (C=O) groups excluding carboxylic acids is 1. The summed E-state index contributed by atoms with van der Waals surface area (Å²) in [5, 5.41) is 9.45. The first-order valence-electron chi connectivity index (χ1n) is 7.00. The summed E-state index contributed by atoms with van der Waals surface area (Å²) < 4.78 is 0. The predicted octanol–water partition coefficient (Wildman–Crippen LogP) is 3.16. The molecule has 0 aromatic heterocycles. The van der Waals surface area contributed by atoms with Gasteiger partial charge < -0.3 is 5.11 Å². The van der Waals surface area contributed by atoms with Crippen LogP contribution in [0.15, 0.2) is 29.2 Å². The van der Waals surface area contributed by atoms with Crippen molar-refractivity contribution in [3.8, 4) is 0 Å². The van der Waals surface area contributed by atoms with E-state index in [2.05, 4.69) is 12.1 Å². The highest BCUT2D eigenvalue weighted by atomic mass is 32.2. The van der Waals surface area contributed by atoms with Crippen LogP contribution in [0.4, 0.5) is 0 Å². The molecule has 1 N–H and O–H groups in total. The van der Waals surface area contributed by atoms with Crippen molar-refractivity contribution in [2.24, 2.45) is 17.3 Å². The van der Waals surface area contributed by atoms with Gasteiger partial charge in [0.15, 0.2) is 0 Å². The molecule has 1 aromatic carbocycles. The van der Waals surface area contributed by atoms with Crippen LogP contribution in [-0.4, -0.2) is 22.1 Å². The van der Waals surface area contributed by atoms with Gasteiger partial charge in [-0.05, 0) is 31.4 Å². The highest BCUT2D eigenvalue weighted by molar-refractivity contribution is 8.00. The predicted molar refractivity (Wildman–Crippen MR) is 77.8 cm³/mol. The minimum Gasteiger partial charge on any atom is -0.481 e. The van der Waals surface area contributed by atoms with E-state index < -0.39 is 17.3 Å². The molecule has 0 heterocycles. The summed E-state index contributed by atoms with van der Waals surface area (Å²) in [5.41, 5.74) is 0.642. The van der Waals surface area contributed by atoms with E-state index in [0.29, 0.717) is 12.8 Å². The van der Waals surface area contributed by atoms with Gasteiger partial charge in [0, 0.05) is 22.0 Å². The number of carbonyl (C=O) groups is 2. The molecular formula is C16H18O3S. The summed E-state index contributed by atoms with van der Waals surface area (Å²) in [6.45, 7) is 3.98. The Balaban J connectivity index is 1.81. The largest absolute Gasteiger partial charge is 0.481 e. The first-order chi connectivity index (χ1) is 9.50. The zero-order valence-electron chi connectivity index (χ0n) is 11.6. The highest BCUT2D eigenvalue weighted by Crippen LogP contribution is 2.70. The second-order valence-electron chi connectivity index (χ2n) is 5.83. The average Bonchev–Trinajstić information content (AvgIpc) is 3.03. The third-order valence-corrected chi connectivity index (χ3v) is 6.17. The van der Waals surface area contributed by atoms with Crippen LogP contribution in [0, 0.1) is 24.2 Å². The summed E-state index contributed by atoms with van der Waals surface area (Å²) in [6, 6.07) is 8.20. The van der Waals surface area contributed by atoms with Crippen molar-refractivity contribution in [2.45, 2.75) is 36.8 Å². The molecule has 3 rings (SSSR count). The third-order valence-electron chi connectivity index (χ3n) is 4.87. The lowest BCUT2D eigenvalue weighted by Crippen LogP contribution is -2.20. The van der Waals surface area contributed by atoms with Crippen LogP contribution in [0.25, 0.3) is 0 Å². The Morgan fingerprint density at radius 2 is 2.05 bits per heavy atom. The number of Topliss-reactive ketones (excluding diaryl/α,β-unsaturated/α-hetero) is 1. The number of rotatable bonds is 4. The minimum absolute atomic E-state index is 0.0174. The fourth-order valence-corrected chi connectivity index (χ4v) is 5.23. The second kappa shape index (κ2) is 4.62. The molecule has 0 saturated heterocycles. The Morgan fingerprint density at radius 3 is 2.55 bits per heavy atom. The number of carboxylic acid groups (broad SMARTS) is 1. The molecule has 0 spiro atoms. The quantitative estimate of drug-likeness (QED) is 0.925. The van der Waals surface area contributed by atoms with Gasteiger partial charge in [0.2, 0.25) is 0 Å². The van der Waals surface area contributed by atoms with Crippen molar-refractivity contribution in [2.75, 3.05) is 0 Å². The molecule has 0 radical (unpaired) electrons. The van der Waals surface area contributed by atoms with Gasteiger partial charge in [-0.15, -0.1) is 11.8 Å². The van der Waals surface area contributed by atoms with E-state index in [1.54, 1.807) is 11.8 Å². The minimum atomic E-state index is -0.806. The Bertz CT molecular complexity index is 566. The Hall–Kier alpha value is -1.29. The number of benzene rings is 1. The first kappa shape index (κ1) is 13.7. The molecular weight excluding hydrogens is 272 g/mol. The van der Waals surface area contributed by atoms with Crippen molar-refractivity contribution in [3.05, 3.63) is 29.8 Å². The standard InChI is InChI=1S/C16H18O3S/c1-3-16-12(17)8-11(13(16)14(16)15(18)19)20-10-6-4-9(2)5-7-10/h4-7,11,13-14H,3,8H2,1-2H3,(H,18,19). The van der Waals surface area contributed by atoms with Crippen molar-refractivity contribution < 1.29 is 14.7 Å². The van der Waals surface area contributed by atoms with Gasteiger partial charge in [0.1, 0.15) is 5.78 Å². The molecule has 4 unspecified atom stereocenters. The molecule has 0 bridgehead atoms. The molecule has 2 saturated carbocycles. The zero-order chi connectivity index (χ0) is 14.5. The highest BCUT2D eigenvalue weighted by Gasteiger charge is 2.77. The number of thioether (sulfide) groups is 1. The smallest absolute Gasteiger partial charge is 0.307 e. The molecule has 4 heteroatoms. The van der Waals surface area contributed by atoms with Crippen molar-refractivity contribution in [1.82, 2.24) is 0 Å². The first-order valence-corrected chi connectivity index (χ1v) is 7.88. The maximum atomic E-state index is 12.3. The van der Waals surface area contributed by atoms with E-state index in [-0.39, 0.29) is 17.0 Å². The maximum absolute atomic E-state index is 12.3. The second-order valence-corrected chi connectivity index (χ2v) is 7.14. The summed E-state index contributed by atoms with van der Waals surface area (Å²) in [4.78, 5) is 24.7. The number of carboxylic acids is 1. The van der Waals surface area contributed by atoms with E-state index in [1.807, 2.05) is 26.0 Å². The number of aliphatic carboxylic acids is 1. The van der Waals surface area contributed by atoms with Crippen molar-refractivity contribution in [3.63, 3.8) is 0 Å². The van der Waals surface area contributed by atoms with Crippen LogP contribution < -0.4 is 0 Å². The maximum Gasteiger partial charge on any atom is 0.307 e. The van der Waals surface area contributed by atoms with Crippen LogP contribution in [0.3, 0.4) is 0 Å². The van der Waals surface area contributed by atoms with Gasteiger partial charge in [-0.25, -0.2) is 0 Å². The number of ketones is 1. The lowest BCUT2D eigenvalue weighted by molar-refractivity contribution is -0.142. The summed E-state index contributed by atoms with van der Waals surface area (Å²) in [6.07, 6.45) is 1.17. The topological polar surface area (TPSA) is 54.4 Å². The van der Waals surface area contributed by atoms with E-state index in [4.69, 9.17) is 0 Å². The van der Waals surface area contributed by atoms with E-state index in [9.17, 15) is 14.7 Å². The summed E-state index contributed by atoms with van der Waals surface area (Å²) >= 11 is 1.66. The van der Waals surface area contributed by atoms with Gasteiger partial charge in [0.05, 0.1) is 5.92 Å². The number of aryl methyl sites for hydroxylation is 1. The van der Waals surface area contributed by atoms with Crippen LogP contribution in [-0.2, 0) is 9.59 Å². The van der Waals surface area contributed by atoms with Crippen LogP contribution in [0.1, 0.15) is 25.3 Å². The zero-order valence-corrected chi connectivity index (χ0v) is 12.4. The van der Waals surface area contributed by atoms with E-state index in [1.165, 1.54) is 5.56 Å². The number of fused-ring (bicyclic) bond motifs is 1. The van der Waals surface area contributed by atoms with Gasteiger partial charge in [-0.2, -0.15) is 0 Å². The molecule has 20 heavy (non-hydrogen) atoms. The molecule has 106 valence electrons. The number of hydrogen-bond acceptors (Lipinski definition) is 3. The SMILES string of the molecule is CCC12C(=O)CC(Sc3ccc(C)cc3)C1C2C(=O)O. The summed E-state index contributed by atoms with van der Waals surface area (Å²) in [5.74, 6) is -1.10. The molecule has 1 aromatic rings. The van der Waals surface area contributed by atoms with Gasteiger partial charge in [-0.1, -0.05) is 24.6 Å². The van der Waals surface area contributed by atoms with Crippen LogP contribution >= 0.6 is 11.8 Å². The Kier molecular flexibility index (Phi) is 3.16. The average molecular weight is 290 g/mol. The molecule has 2 aliphatic carbocycles. The molecule has 0 aliphatic heterocycles. The monoisotopic (exact) mass is 290 g/mol. The van der Waals surface area contributed by atoms with Gasteiger partial charge in [-0.3, -0.25) is 9.59 Å². The molecule has 0 amide bonds. The number of hydrogen-bond donors (Lipinski definition) is 1. The normalized spacial score (nSPS) is 34.9. The fourth-order valence-electron chi connectivity index (χ4n) is 3.81. The lowest BCUT2D eigenvalue weighted by Gasteiger charge is -2.12. The van der Waals surface area contributed by atoms with Crippen molar-refractivity contribution >= 4 is 23.5 Å². The molecule has 2 aliphatic rings. The Morgan fingerprint density at radius 1 is 1.40 bits per heavy atom. The van der Waals surface area contributed by atoms with Crippen molar-refractivity contribution in [1.29, 1.82) is 0 Å². The molecule has 2 fully saturated rings. The Labute approximate surface area is 122 Å². The van der Waals surface area contributed by atoms with Gasteiger partial charge >= 0.3 is 5.97 Å². The summed E-state index contributed by atoms with van der Waals surface area (Å²) in [7, 11) is 0. The lowest BCUT2D eigenvalue weighted by atomic mass is 9.95. The molecule has 4 atom stereocenters. The molecule has 3 nitrogen and oxygen atoms in total. The van der Waals surface area contributed by atoms with Crippen LogP contribution in [0.2, 0.25) is 0 Å².